The summed E-state index contributed by atoms with van der Waals surface area (Å²) in [5, 5.41) is 10.7. The number of hydrogen-bond acceptors (Lipinski definition) is 2. The molecule has 4 nitrogen and oxygen atoms in total. The molecule has 5 heteroatoms. The molecule has 3 rings (SSSR count). The Morgan fingerprint density at radius 2 is 2.15 bits per heavy atom. The Morgan fingerprint density at radius 1 is 1.40 bits per heavy atom. The number of carbonyl (C=O) groups is 1. The van der Waals surface area contributed by atoms with Gasteiger partial charge in [-0.05, 0) is 24.5 Å². The van der Waals surface area contributed by atoms with Crippen molar-refractivity contribution < 1.29 is 4.79 Å². The molecule has 2 aromatic rings. The summed E-state index contributed by atoms with van der Waals surface area (Å²) in [6.45, 7) is 1.47. The van der Waals surface area contributed by atoms with Crippen LogP contribution in [0.2, 0.25) is 5.02 Å². The molecule has 20 heavy (non-hydrogen) atoms. The van der Waals surface area contributed by atoms with Gasteiger partial charge in [0.25, 0.3) is 0 Å². The zero-order valence-electron chi connectivity index (χ0n) is 11.2. The lowest BCUT2D eigenvalue weighted by Gasteiger charge is -2.42. The lowest BCUT2D eigenvalue weighted by molar-refractivity contribution is -0.114. The number of nitrogens with one attached hydrogen (secondary N) is 2. The monoisotopic (exact) mass is 289 g/mol. The molecule has 2 N–H and O–H groups in total. The van der Waals surface area contributed by atoms with Crippen LogP contribution in [0.1, 0.15) is 37.4 Å². The van der Waals surface area contributed by atoms with Crippen LogP contribution in [0.25, 0.3) is 0 Å². The van der Waals surface area contributed by atoms with Crippen molar-refractivity contribution in [2.24, 2.45) is 0 Å². The molecule has 0 bridgehead atoms. The van der Waals surface area contributed by atoms with Crippen LogP contribution in [0.4, 0.5) is 5.82 Å². The highest BCUT2D eigenvalue weighted by Gasteiger charge is 2.43. The number of H-pyrrole nitrogens is 1. The third-order valence-corrected chi connectivity index (χ3v) is 4.32. The molecule has 1 aromatic heterocycles. The van der Waals surface area contributed by atoms with E-state index in [0.717, 1.165) is 29.1 Å². The number of nitrogens with zero attached hydrogens (tertiary/aromatic N) is 1. The Balaban J connectivity index is 1.99. The van der Waals surface area contributed by atoms with Crippen molar-refractivity contribution >= 4 is 23.3 Å². The van der Waals surface area contributed by atoms with Crippen LogP contribution in [0.15, 0.2) is 30.3 Å². The normalized spacial score (nSPS) is 16.5. The van der Waals surface area contributed by atoms with Crippen molar-refractivity contribution in [2.45, 2.75) is 31.6 Å². The first-order valence-corrected chi connectivity index (χ1v) is 7.08. The summed E-state index contributed by atoms with van der Waals surface area (Å²) < 4.78 is 0. The molecule has 1 aromatic carbocycles. The van der Waals surface area contributed by atoms with Gasteiger partial charge in [-0.15, -0.1) is 0 Å². The molecule has 1 amide bonds. The van der Waals surface area contributed by atoms with E-state index in [9.17, 15) is 4.79 Å². The fraction of sp³-hybridized carbons (Fsp3) is 0.333. The second kappa shape index (κ2) is 4.94. The predicted molar refractivity (Wildman–Crippen MR) is 79.0 cm³/mol. The average molecular weight is 290 g/mol. The van der Waals surface area contributed by atoms with Crippen LogP contribution < -0.4 is 5.32 Å². The molecule has 1 fully saturated rings. The van der Waals surface area contributed by atoms with Gasteiger partial charge in [-0.25, -0.2) is 0 Å². The van der Waals surface area contributed by atoms with Crippen LogP contribution in [0, 0.1) is 0 Å². The van der Waals surface area contributed by atoms with Gasteiger partial charge < -0.3 is 5.32 Å². The van der Waals surface area contributed by atoms with Crippen LogP contribution in [-0.4, -0.2) is 16.1 Å². The summed E-state index contributed by atoms with van der Waals surface area (Å²) in [5.41, 5.74) is 2.05. The van der Waals surface area contributed by atoms with E-state index in [4.69, 9.17) is 11.6 Å². The van der Waals surface area contributed by atoms with E-state index in [0.29, 0.717) is 5.82 Å². The van der Waals surface area contributed by atoms with E-state index in [1.54, 1.807) is 0 Å². The zero-order chi connectivity index (χ0) is 14.2. The Labute approximate surface area is 122 Å². The smallest absolute Gasteiger partial charge is 0.222 e. The van der Waals surface area contributed by atoms with Gasteiger partial charge in [0.15, 0.2) is 5.82 Å². The van der Waals surface area contributed by atoms with Crippen molar-refractivity contribution in [3.63, 3.8) is 0 Å². The number of anilines is 1. The molecule has 1 aliphatic carbocycles. The van der Waals surface area contributed by atoms with E-state index in [-0.39, 0.29) is 11.3 Å². The van der Waals surface area contributed by atoms with Gasteiger partial charge in [0.1, 0.15) is 0 Å². The summed E-state index contributed by atoms with van der Waals surface area (Å²) in [4.78, 5) is 11.1. The molecule has 1 saturated carbocycles. The maximum atomic E-state index is 11.1. The van der Waals surface area contributed by atoms with Crippen molar-refractivity contribution in [3.05, 3.63) is 46.6 Å². The van der Waals surface area contributed by atoms with Gasteiger partial charge >= 0.3 is 0 Å². The van der Waals surface area contributed by atoms with Crippen molar-refractivity contribution in [1.82, 2.24) is 10.2 Å². The molecular weight excluding hydrogens is 274 g/mol. The Morgan fingerprint density at radius 3 is 2.75 bits per heavy atom. The van der Waals surface area contributed by atoms with E-state index < -0.39 is 0 Å². The molecule has 0 spiro atoms. The lowest BCUT2D eigenvalue weighted by Crippen LogP contribution is -2.36. The van der Waals surface area contributed by atoms with Crippen molar-refractivity contribution in [1.29, 1.82) is 0 Å². The number of hydrogen-bond donors (Lipinski definition) is 2. The third kappa shape index (κ3) is 2.10. The van der Waals surface area contributed by atoms with Crippen LogP contribution in [0.3, 0.4) is 0 Å². The average Bonchev–Trinajstić information content (AvgIpc) is 2.78. The minimum Gasteiger partial charge on any atom is -0.309 e. The standard InChI is InChI=1S/C15H16ClN3O/c1-10(20)17-14-9-13(18-19-14)15(7-4-8-15)11-5-2-3-6-12(11)16/h2-3,5-6,9H,4,7-8H2,1H3,(H2,17,18,19,20). The van der Waals surface area contributed by atoms with E-state index in [1.807, 2.05) is 24.3 Å². The molecule has 0 aliphatic heterocycles. The van der Waals surface area contributed by atoms with E-state index in [2.05, 4.69) is 21.6 Å². The molecule has 0 atom stereocenters. The van der Waals surface area contributed by atoms with Gasteiger partial charge in [-0.2, -0.15) is 5.10 Å². The number of halogens is 1. The van der Waals surface area contributed by atoms with Crippen LogP contribution >= 0.6 is 11.6 Å². The van der Waals surface area contributed by atoms with Crippen LogP contribution in [-0.2, 0) is 10.2 Å². The first kappa shape index (κ1) is 13.2. The van der Waals surface area contributed by atoms with Gasteiger partial charge in [0.05, 0.1) is 0 Å². The summed E-state index contributed by atoms with van der Waals surface area (Å²) in [6, 6.07) is 9.84. The Bertz CT molecular complexity index is 646. The highest BCUT2D eigenvalue weighted by atomic mass is 35.5. The van der Waals surface area contributed by atoms with Crippen molar-refractivity contribution in [3.8, 4) is 0 Å². The first-order valence-electron chi connectivity index (χ1n) is 6.70. The van der Waals surface area contributed by atoms with Gasteiger partial charge in [-0.1, -0.05) is 36.2 Å². The summed E-state index contributed by atoms with van der Waals surface area (Å²) >= 11 is 6.36. The topological polar surface area (TPSA) is 57.8 Å². The first-order chi connectivity index (χ1) is 9.62. The van der Waals surface area contributed by atoms with Crippen molar-refractivity contribution in [2.75, 3.05) is 5.32 Å². The SMILES string of the molecule is CC(=O)Nc1cc(C2(c3ccccc3Cl)CCC2)[nH]n1. The summed E-state index contributed by atoms with van der Waals surface area (Å²) in [7, 11) is 0. The number of aromatic nitrogens is 2. The molecule has 1 aliphatic rings. The Kier molecular flexibility index (Phi) is 3.26. The molecule has 0 unspecified atom stereocenters. The predicted octanol–water partition coefficient (Wildman–Crippen LogP) is 3.49. The highest BCUT2D eigenvalue weighted by Crippen LogP contribution is 2.50. The van der Waals surface area contributed by atoms with E-state index >= 15 is 0 Å². The number of benzene rings is 1. The minimum atomic E-state index is -0.122. The number of aromatic amines is 1. The van der Waals surface area contributed by atoms with Gasteiger partial charge in [-0.3, -0.25) is 9.89 Å². The summed E-state index contributed by atoms with van der Waals surface area (Å²) in [6.07, 6.45) is 3.25. The largest absolute Gasteiger partial charge is 0.309 e. The fourth-order valence-corrected chi connectivity index (χ4v) is 3.19. The maximum absolute atomic E-state index is 11.1. The third-order valence-electron chi connectivity index (χ3n) is 3.99. The van der Waals surface area contributed by atoms with Gasteiger partial charge in [0, 0.05) is 29.1 Å². The second-order valence-electron chi connectivity index (χ2n) is 5.26. The quantitative estimate of drug-likeness (QED) is 0.909. The number of carbonyl (C=O) groups excluding carboxylic acids is 1. The zero-order valence-corrected chi connectivity index (χ0v) is 12.0. The lowest BCUT2D eigenvalue weighted by atomic mass is 9.62. The highest BCUT2D eigenvalue weighted by molar-refractivity contribution is 6.31. The minimum absolute atomic E-state index is 0.0952. The number of rotatable bonds is 3. The fourth-order valence-electron chi connectivity index (χ4n) is 2.87. The van der Waals surface area contributed by atoms with Gasteiger partial charge in [0.2, 0.25) is 5.91 Å². The second-order valence-corrected chi connectivity index (χ2v) is 5.67. The number of amides is 1. The van der Waals surface area contributed by atoms with E-state index in [1.165, 1.54) is 13.3 Å². The summed E-state index contributed by atoms with van der Waals surface area (Å²) in [5.74, 6) is 0.439. The molecular formula is C15H16ClN3O. The maximum Gasteiger partial charge on any atom is 0.222 e. The molecule has 1 heterocycles. The van der Waals surface area contributed by atoms with Crippen LogP contribution in [0.5, 0.6) is 0 Å². The molecule has 0 saturated heterocycles. The Hall–Kier alpha value is -1.81. The molecule has 0 radical (unpaired) electrons. The molecule has 104 valence electrons.